The maximum atomic E-state index is 12.9. The zero-order valence-electron chi connectivity index (χ0n) is 54.1. The van der Waals surface area contributed by atoms with Gasteiger partial charge in [-0.1, -0.05) is 351 Å². The van der Waals surface area contributed by atoms with Crippen molar-refractivity contribution < 1.29 is 28.6 Å². The lowest BCUT2D eigenvalue weighted by Crippen LogP contribution is -2.30. The topological polar surface area (TPSA) is 78.9 Å². The summed E-state index contributed by atoms with van der Waals surface area (Å²) < 4.78 is 16.9. The number of allylic oxidation sites excluding steroid dienone is 12. The number of unbranched alkanes of at least 4 members (excludes halogenated alkanes) is 42. The smallest absolute Gasteiger partial charge is 0.306 e. The molecule has 470 valence electrons. The van der Waals surface area contributed by atoms with Gasteiger partial charge >= 0.3 is 17.9 Å². The first-order valence-corrected chi connectivity index (χ1v) is 35.4. The molecule has 0 aliphatic carbocycles. The van der Waals surface area contributed by atoms with Gasteiger partial charge in [0.2, 0.25) is 0 Å². The first-order valence-electron chi connectivity index (χ1n) is 35.4. The monoisotopic (exact) mass is 1130 g/mol. The van der Waals surface area contributed by atoms with Gasteiger partial charge in [-0.2, -0.15) is 0 Å². The van der Waals surface area contributed by atoms with Crippen LogP contribution in [0.15, 0.2) is 72.9 Å². The molecule has 0 heterocycles. The van der Waals surface area contributed by atoms with Crippen molar-refractivity contribution in [3.63, 3.8) is 0 Å². The second-order valence-corrected chi connectivity index (χ2v) is 23.8. The van der Waals surface area contributed by atoms with Gasteiger partial charge in [0.15, 0.2) is 6.10 Å². The fraction of sp³-hybridized carbons (Fsp3) is 0.800. The summed E-state index contributed by atoms with van der Waals surface area (Å²) in [6.07, 6.45) is 91.2. The van der Waals surface area contributed by atoms with Gasteiger partial charge in [-0.3, -0.25) is 14.4 Å². The summed E-state index contributed by atoms with van der Waals surface area (Å²) in [6.45, 7) is 6.52. The lowest BCUT2D eigenvalue weighted by Gasteiger charge is -2.18. The van der Waals surface area contributed by atoms with Gasteiger partial charge in [-0.05, 0) is 70.6 Å². The molecule has 0 N–H and O–H groups in total. The summed E-state index contributed by atoms with van der Waals surface area (Å²) in [5.74, 6) is -0.882. The third-order valence-electron chi connectivity index (χ3n) is 15.7. The summed E-state index contributed by atoms with van der Waals surface area (Å²) in [5, 5.41) is 0. The van der Waals surface area contributed by atoms with Crippen LogP contribution in [0.5, 0.6) is 0 Å². The van der Waals surface area contributed by atoms with E-state index in [1.165, 1.54) is 218 Å². The number of hydrogen-bond acceptors (Lipinski definition) is 6. The number of carbonyl (C=O) groups is 3. The van der Waals surface area contributed by atoms with E-state index in [0.29, 0.717) is 19.3 Å². The van der Waals surface area contributed by atoms with E-state index < -0.39 is 6.10 Å². The van der Waals surface area contributed by atoms with Gasteiger partial charge in [-0.25, -0.2) is 0 Å². The molecule has 1 unspecified atom stereocenters. The minimum atomic E-state index is -0.781. The van der Waals surface area contributed by atoms with E-state index in [1.807, 2.05) is 0 Å². The number of rotatable bonds is 65. The van der Waals surface area contributed by atoms with Gasteiger partial charge in [-0.15, -0.1) is 0 Å². The third kappa shape index (κ3) is 67.5. The Morgan fingerprint density at radius 2 is 0.481 bits per heavy atom. The van der Waals surface area contributed by atoms with Crippen molar-refractivity contribution in [1.82, 2.24) is 0 Å². The van der Waals surface area contributed by atoms with Crippen LogP contribution in [-0.2, 0) is 28.6 Å². The van der Waals surface area contributed by atoms with Crippen LogP contribution in [0.4, 0.5) is 0 Å². The molecule has 0 aromatic carbocycles. The van der Waals surface area contributed by atoms with Crippen molar-refractivity contribution in [2.45, 2.75) is 374 Å². The first kappa shape index (κ1) is 77.9. The Bertz CT molecular complexity index is 1490. The minimum absolute atomic E-state index is 0.0777. The molecule has 0 fully saturated rings. The lowest BCUT2D eigenvalue weighted by atomic mass is 10.0. The highest BCUT2D eigenvalue weighted by molar-refractivity contribution is 5.71. The standard InChI is InChI=1S/C75H134O6/c1-4-7-10-13-16-18-20-22-24-26-28-30-32-34-35-36-37-38-39-41-42-44-46-48-50-52-54-56-59-62-65-68-74(77)80-71-72(70-79-73(76)67-64-61-58-15-12-9-6-3)81-75(78)69-66-63-60-57-55-53-51-49-47-45-43-40-33-31-29-27-25-23-21-19-17-14-11-8-5-2/h8,11,17,19,23,25,29,31,40,43,47,49,72H,4-7,9-10,12-16,18,20-22,24,26-28,30,32-39,41-42,44-46,48,50-71H2,1-3H3/b11-8-,19-17-,25-23-,31-29-,43-40-,49-47-. The molecule has 6 nitrogen and oxygen atoms in total. The van der Waals surface area contributed by atoms with Crippen LogP contribution in [0, 0.1) is 0 Å². The Balaban J connectivity index is 4.05. The lowest BCUT2D eigenvalue weighted by molar-refractivity contribution is -0.167. The molecular formula is C75H134O6. The Morgan fingerprint density at radius 3 is 0.753 bits per heavy atom. The van der Waals surface area contributed by atoms with Crippen LogP contribution in [-0.4, -0.2) is 37.2 Å². The van der Waals surface area contributed by atoms with Gasteiger partial charge in [0.25, 0.3) is 0 Å². The molecule has 0 bridgehead atoms. The average molecular weight is 1130 g/mol. The fourth-order valence-corrected chi connectivity index (χ4v) is 10.5. The molecule has 0 radical (unpaired) electrons. The highest BCUT2D eigenvalue weighted by Gasteiger charge is 2.19. The normalized spacial score (nSPS) is 12.5. The van der Waals surface area contributed by atoms with Gasteiger partial charge < -0.3 is 14.2 Å². The van der Waals surface area contributed by atoms with Gasteiger partial charge in [0, 0.05) is 19.3 Å². The Kier molecular flexibility index (Phi) is 66.6. The van der Waals surface area contributed by atoms with Crippen LogP contribution in [0.25, 0.3) is 0 Å². The zero-order chi connectivity index (χ0) is 58.5. The molecule has 81 heavy (non-hydrogen) atoms. The van der Waals surface area contributed by atoms with Crippen LogP contribution >= 0.6 is 0 Å². The molecule has 6 heteroatoms. The molecule has 0 spiro atoms. The number of carbonyl (C=O) groups excluding carboxylic acids is 3. The van der Waals surface area contributed by atoms with Crippen molar-refractivity contribution in [2.75, 3.05) is 13.2 Å². The molecular weight excluding hydrogens is 997 g/mol. The molecule has 0 aliphatic rings. The molecule has 0 rings (SSSR count). The Morgan fingerprint density at radius 1 is 0.259 bits per heavy atom. The quantitative estimate of drug-likeness (QED) is 0.0261. The summed E-state index contributed by atoms with van der Waals surface area (Å²) in [7, 11) is 0. The van der Waals surface area contributed by atoms with E-state index in [9.17, 15) is 14.4 Å². The molecule has 0 aliphatic heterocycles. The molecule has 0 saturated heterocycles. The third-order valence-corrected chi connectivity index (χ3v) is 15.7. The second-order valence-electron chi connectivity index (χ2n) is 23.8. The van der Waals surface area contributed by atoms with E-state index in [2.05, 4.69) is 93.7 Å². The van der Waals surface area contributed by atoms with E-state index in [-0.39, 0.29) is 31.1 Å². The van der Waals surface area contributed by atoms with E-state index in [0.717, 1.165) is 109 Å². The fourth-order valence-electron chi connectivity index (χ4n) is 10.5. The maximum Gasteiger partial charge on any atom is 0.306 e. The molecule has 0 aromatic rings. The Hall–Kier alpha value is -3.15. The molecule has 0 aromatic heterocycles. The van der Waals surface area contributed by atoms with Crippen molar-refractivity contribution in [3.05, 3.63) is 72.9 Å². The number of hydrogen-bond donors (Lipinski definition) is 0. The average Bonchev–Trinajstić information content (AvgIpc) is 3.46. The summed E-state index contributed by atoms with van der Waals surface area (Å²) in [4.78, 5) is 38.2. The van der Waals surface area contributed by atoms with Crippen molar-refractivity contribution in [1.29, 1.82) is 0 Å². The van der Waals surface area contributed by atoms with Crippen molar-refractivity contribution >= 4 is 17.9 Å². The largest absolute Gasteiger partial charge is 0.462 e. The van der Waals surface area contributed by atoms with E-state index >= 15 is 0 Å². The minimum Gasteiger partial charge on any atom is -0.462 e. The molecule has 0 saturated carbocycles. The SMILES string of the molecule is CC/C=C\C/C=C\C/C=C\C/C=C\C/C=C\C/C=C\CCCCCCCCC(=O)OC(COC(=O)CCCCCCCCC)COC(=O)CCCCCCCCCCCCCCCCCCCCCCCCCCCCCCCCC. The van der Waals surface area contributed by atoms with Crippen molar-refractivity contribution in [2.24, 2.45) is 0 Å². The van der Waals surface area contributed by atoms with E-state index in [4.69, 9.17) is 14.2 Å². The highest BCUT2D eigenvalue weighted by atomic mass is 16.6. The van der Waals surface area contributed by atoms with Crippen LogP contribution in [0.1, 0.15) is 367 Å². The van der Waals surface area contributed by atoms with Gasteiger partial charge in [0.1, 0.15) is 13.2 Å². The second kappa shape index (κ2) is 69.3. The first-order chi connectivity index (χ1) is 40.0. The number of ether oxygens (including phenoxy) is 3. The summed E-state index contributed by atoms with van der Waals surface area (Å²) in [5.41, 5.74) is 0. The summed E-state index contributed by atoms with van der Waals surface area (Å²) in [6, 6.07) is 0. The highest BCUT2D eigenvalue weighted by Crippen LogP contribution is 2.18. The van der Waals surface area contributed by atoms with Crippen molar-refractivity contribution in [3.8, 4) is 0 Å². The van der Waals surface area contributed by atoms with Crippen LogP contribution in [0.2, 0.25) is 0 Å². The number of esters is 3. The van der Waals surface area contributed by atoms with E-state index in [1.54, 1.807) is 0 Å². The van der Waals surface area contributed by atoms with Crippen LogP contribution in [0.3, 0.4) is 0 Å². The Labute approximate surface area is 503 Å². The van der Waals surface area contributed by atoms with Gasteiger partial charge in [0.05, 0.1) is 0 Å². The maximum absolute atomic E-state index is 12.9. The molecule has 1 atom stereocenters. The van der Waals surface area contributed by atoms with Crippen LogP contribution < -0.4 is 0 Å². The predicted molar refractivity (Wildman–Crippen MR) is 353 cm³/mol. The molecule has 0 amide bonds. The zero-order valence-corrected chi connectivity index (χ0v) is 54.1. The predicted octanol–water partition coefficient (Wildman–Crippen LogP) is 24.4. The summed E-state index contributed by atoms with van der Waals surface area (Å²) >= 11 is 0.